The first-order valence-electron chi connectivity index (χ1n) is 7.61. The summed E-state index contributed by atoms with van der Waals surface area (Å²) in [6.07, 6.45) is 5.32. The summed E-state index contributed by atoms with van der Waals surface area (Å²) in [5, 5.41) is 3.12. The van der Waals surface area contributed by atoms with Crippen molar-refractivity contribution in [2.45, 2.75) is 52.9 Å². The Morgan fingerprint density at radius 1 is 1.35 bits per heavy atom. The van der Waals surface area contributed by atoms with Crippen LogP contribution >= 0.6 is 0 Å². The van der Waals surface area contributed by atoms with Crippen LogP contribution in [0.5, 0.6) is 0 Å². The van der Waals surface area contributed by atoms with Crippen molar-refractivity contribution in [3.8, 4) is 0 Å². The van der Waals surface area contributed by atoms with Gasteiger partial charge in [0.25, 0.3) is 0 Å². The molecular weight excluding hydrogens is 248 g/mol. The summed E-state index contributed by atoms with van der Waals surface area (Å²) in [5.41, 5.74) is 8.27. The quantitative estimate of drug-likeness (QED) is 0.811. The molecule has 0 aromatic heterocycles. The van der Waals surface area contributed by atoms with E-state index in [1.165, 1.54) is 0 Å². The predicted octanol–water partition coefficient (Wildman–Crippen LogP) is 4.12. The molecule has 0 spiro atoms. The number of carbonyl (C=O) groups excluding carboxylic acids is 1. The van der Waals surface area contributed by atoms with Crippen LogP contribution in [0.25, 0.3) is 0 Å². The molecule has 0 atom stereocenters. The zero-order valence-corrected chi connectivity index (χ0v) is 12.8. The van der Waals surface area contributed by atoms with E-state index in [0.717, 1.165) is 49.0 Å². The molecule has 3 nitrogen and oxygen atoms in total. The van der Waals surface area contributed by atoms with Crippen LogP contribution in [0.3, 0.4) is 0 Å². The highest BCUT2D eigenvalue weighted by Crippen LogP contribution is 2.44. The molecule has 1 aliphatic rings. The summed E-state index contributed by atoms with van der Waals surface area (Å²) >= 11 is 0. The van der Waals surface area contributed by atoms with E-state index in [4.69, 9.17) is 5.73 Å². The molecule has 1 aromatic rings. The van der Waals surface area contributed by atoms with E-state index in [1.54, 1.807) is 0 Å². The molecule has 1 aliphatic carbocycles. The van der Waals surface area contributed by atoms with Crippen LogP contribution in [0, 0.1) is 18.3 Å². The second-order valence-electron chi connectivity index (χ2n) is 6.56. The van der Waals surface area contributed by atoms with Crippen molar-refractivity contribution in [2.75, 3.05) is 11.1 Å². The predicted molar refractivity (Wildman–Crippen MR) is 84.6 cm³/mol. The molecule has 0 saturated heterocycles. The Balaban J connectivity index is 2.19. The zero-order chi connectivity index (χ0) is 14.8. The summed E-state index contributed by atoms with van der Waals surface area (Å²) in [5.74, 6) is 0.721. The number of nitrogens with one attached hydrogen (secondary N) is 1. The van der Waals surface area contributed by atoms with Gasteiger partial charge in [0.1, 0.15) is 0 Å². The molecular formula is C17H26N2O. The number of hydrogen-bond acceptors (Lipinski definition) is 2. The second-order valence-corrected chi connectivity index (χ2v) is 6.56. The lowest BCUT2D eigenvalue weighted by Gasteiger charge is -2.30. The highest BCUT2D eigenvalue weighted by atomic mass is 16.2. The van der Waals surface area contributed by atoms with E-state index in [2.05, 4.69) is 19.2 Å². The number of nitrogen functional groups attached to an aromatic ring is 1. The van der Waals surface area contributed by atoms with E-state index in [1.807, 2.05) is 25.1 Å². The maximum absolute atomic E-state index is 12.8. The molecule has 0 heterocycles. The first-order valence-corrected chi connectivity index (χ1v) is 7.61. The van der Waals surface area contributed by atoms with Gasteiger partial charge in [-0.1, -0.05) is 32.8 Å². The van der Waals surface area contributed by atoms with Crippen LogP contribution in [0.4, 0.5) is 11.4 Å². The Bertz CT molecular complexity index is 488. The maximum Gasteiger partial charge on any atom is 0.230 e. The number of carbonyl (C=O) groups is 1. The van der Waals surface area contributed by atoms with Crippen molar-refractivity contribution >= 4 is 17.3 Å². The largest absolute Gasteiger partial charge is 0.398 e. The fraction of sp³-hybridized carbons (Fsp3) is 0.588. The highest BCUT2D eigenvalue weighted by molar-refractivity contribution is 5.96. The first-order chi connectivity index (χ1) is 9.44. The molecule has 20 heavy (non-hydrogen) atoms. The summed E-state index contributed by atoms with van der Waals surface area (Å²) < 4.78 is 0. The number of nitrogens with two attached hydrogens (primary N) is 1. The molecule has 1 amide bonds. The van der Waals surface area contributed by atoms with E-state index in [-0.39, 0.29) is 11.3 Å². The van der Waals surface area contributed by atoms with Crippen LogP contribution < -0.4 is 11.1 Å². The van der Waals surface area contributed by atoms with Gasteiger partial charge < -0.3 is 11.1 Å². The maximum atomic E-state index is 12.8. The summed E-state index contributed by atoms with van der Waals surface area (Å²) in [6.45, 7) is 6.34. The van der Waals surface area contributed by atoms with Crippen LogP contribution in [0.2, 0.25) is 0 Å². The van der Waals surface area contributed by atoms with Gasteiger partial charge in [0.2, 0.25) is 5.91 Å². The highest BCUT2D eigenvalue weighted by Gasteiger charge is 2.41. The standard InChI is InChI=1S/C17H26N2O/c1-12(2)11-17(9-4-5-10-17)16(20)19-15-8-6-7-14(18)13(15)3/h6-8,12H,4-5,9-11,18H2,1-3H3,(H,19,20). The van der Waals surface area contributed by atoms with Crippen LogP contribution in [-0.2, 0) is 4.79 Å². The van der Waals surface area contributed by atoms with Gasteiger partial charge >= 0.3 is 0 Å². The van der Waals surface area contributed by atoms with E-state index in [9.17, 15) is 4.79 Å². The molecule has 2 rings (SSSR count). The van der Waals surface area contributed by atoms with E-state index < -0.39 is 0 Å². The molecule has 3 N–H and O–H groups in total. The van der Waals surface area contributed by atoms with Crippen molar-refractivity contribution in [3.05, 3.63) is 23.8 Å². The SMILES string of the molecule is Cc1c(N)cccc1NC(=O)C1(CC(C)C)CCCC1. The topological polar surface area (TPSA) is 55.1 Å². The summed E-state index contributed by atoms with van der Waals surface area (Å²) in [7, 11) is 0. The molecule has 110 valence electrons. The van der Waals surface area contributed by atoms with Gasteiger partial charge in [-0.25, -0.2) is 0 Å². The van der Waals surface area contributed by atoms with Gasteiger partial charge in [0.15, 0.2) is 0 Å². The smallest absolute Gasteiger partial charge is 0.230 e. The normalized spacial score (nSPS) is 17.4. The van der Waals surface area contributed by atoms with Gasteiger partial charge in [-0.05, 0) is 49.8 Å². The van der Waals surface area contributed by atoms with Gasteiger partial charge in [0, 0.05) is 16.8 Å². The molecule has 3 heteroatoms. The molecule has 0 aliphatic heterocycles. The molecule has 0 unspecified atom stereocenters. The van der Waals surface area contributed by atoms with Crippen molar-refractivity contribution in [3.63, 3.8) is 0 Å². The molecule has 0 radical (unpaired) electrons. The van der Waals surface area contributed by atoms with Gasteiger partial charge in [-0.15, -0.1) is 0 Å². The lowest BCUT2D eigenvalue weighted by atomic mass is 9.77. The minimum Gasteiger partial charge on any atom is -0.398 e. The van der Waals surface area contributed by atoms with Crippen LogP contribution in [0.15, 0.2) is 18.2 Å². The summed E-state index contributed by atoms with van der Waals surface area (Å²) in [6, 6.07) is 5.69. The molecule has 1 aromatic carbocycles. The van der Waals surface area contributed by atoms with Gasteiger partial charge in [-0.2, -0.15) is 0 Å². The number of rotatable bonds is 4. The number of amides is 1. The third-order valence-corrected chi connectivity index (χ3v) is 4.47. The van der Waals surface area contributed by atoms with E-state index >= 15 is 0 Å². The third-order valence-electron chi connectivity index (χ3n) is 4.47. The average Bonchev–Trinajstić information content (AvgIpc) is 2.84. The average molecular weight is 274 g/mol. The Kier molecular flexibility index (Phi) is 4.36. The number of anilines is 2. The van der Waals surface area contributed by atoms with Crippen molar-refractivity contribution in [1.29, 1.82) is 0 Å². The van der Waals surface area contributed by atoms with Gasteiger partial charge in [0.05, 0.1) is 0 Å². The van der Waals surface area contributed by atoms with Crippen molar-refractivity contribution in [2.24, 2.45) is 11.3 Å². The number of hydrogen-bond donors (Lipinski definition) is 2. The Hall–Kier alpha value is -1.51. The molecule has 1 saturated carbocycles. The molecule has 1 fully saturated rings. The lowest BCUT2D eigenvalue weighted by molar-refractivity contribution is -0.126. The Labute approximate surface area is 121 Å². The van der Waals surface area contributed by atoms with Crippen LogP contribution in [-0.4, -0.2) is 5.91 Å². The minimum absolute atomic E-state index is 0.175. The summed E-state index contributed by atoms with van der Waals surface area (Å²) in [4.78, 5) is 12.8. The van der Waals surface area contributed by atoms with Crippen molar-refractivity contribution in [1.82, 2.24) is 0 Å². The van der Waals surface area contributed by atoms with E-state index in [0.29, 0.717) is 5.92 Å². The minimum atomic E-state index is -0.175. The fourth-order valence-corrected chi connectivity index (χ4v) is 3.40. The Morgan fingerprint density at radius 2 is 2.00 bits per heavy atom. The first kappa shape index (κ1) is 14.9. The lowest BCUT2D eigenvalue weighted by Crippen LogP contribution is -2.35. The Morgan fingerprint density at radius 3 is 2.60 bits per heavy atom. The molecule has 0 bridgehead atoms. The fourth-order valence-electron chi connectivity index (χ4n) is 3.40. The monoisotopic (exact) mass is 274 g/mol. The van der Waals surface area contributed by atoms with Crippen molar-refractivity contribution < 1.29 is 4.79 Å². The van der Waals surface area contributed by atoms with Gasteiger partial charge in [-0.3, -0.25) is 4.79 Å². The van der Waals surface area contributed by atoms with Crippen LogP contribution in [0.1, 0.15) is 51.5 Å². The number of benzene rings is 1. The second kappa shape index (κ2) is 5.86. The third kappa shape index (κ3) is 2.97. The zero-order valence-electron chi connectivity index (χ0n) is 12.8.